The molecule has 210 valence electrons. The van der Waals surface area contributed by atoms with Crippen molar-refractivity contribution in [2.75, 3.05) is 29.9 Å². The molecule has 9 nitrogen and oxygen atoms in total. The first-order chi connectivity index (χ1) is 19.4. The van der Waals surface area contributed by atoms with E-state index in [1.165, 1.54) is 23.5 Å². The Labute approximate surface area is 247 Å². The van der Waals surface area contributed by atoms with Crippen molar-refractivity contribution in [1.82, 2.24) is 24.3 Å². The number of nitrogens with two attached hydrogens (primary N) is 1. The van der Waals surface area contributed by atoms with Gasteiger partial charge in [-0.15, -0.1) is 12.4 Å². The zero-order valence-corrected chi connectivity index (χ0v) is 24.3. The number of imidazole rings is 1. The summed E-state index contributed by atoms with van der Waals surface area (Å²) < 4.78 is 15.5. The Morgan fingerprint density at radius 3 is 2.39 bits per heavy atom. The first-order valence-corrected chi connectivity index (χ1v) is 14.0. The quantitative estimate of drug-likeness (QED) is 0.272. The average molecular weight is 590 g/mol. The maximum absolute atomic E-state index is 13.5. The van der Waals surface area contributed by atoms with Gasteiger partial charge < -0.3 is 15.5 Å². The fourth-order valence-electron chi connectivity index (χ4n) is 5.00. The van der Waals surface area contributed by atoms with Crippen molar-refractivity contribution in [1.29, 1.82) is 5.26 Å². The Hall–Kier alpha value is -4.11. The highest BCUT2D eigenvalue weighted by atomic mass is 35.5. The molecule has 6 rings (SSSR count). The maximum atomic E-state index is 13.5. The van der Waals surface area contributed by atoms with Crippen LogP contribution in [0, 0.1) is 17.1 Å². The van der Waals surface area contributed by atoms with Crippen LogP contribution in [-0.4, -0.2) is 50.5 Å². The minimum Gasteiger partial charge on any atom is -0.341 e. The molecule has 0 radical (unpaired) electrons. The molecule has 4 aromatic heterocycles. The first-order valence-electron chi connectivity index (χ1n) is 13.2. The van der Waals surface area contributed by atoms with E-state index in [1.807, 2.05) is 47.1 Å². The lowest BCUT2D eigenvalue weighted by Crippen LogP contribution is -2.40. The third-order valence-electron chi connectivity index (χ3n) is 7.23. The number of hydrogen-bond acceptors (Lipinski definition) is 9. The highest BCUT2D eigenvalue weighted by Gasteiger charge is 2.23. The Morgan fingerprint density at radius 1 is 1.05 bits per heavy atom. The molecule has 0 amide bonds. The molecule has 0 spiro atoms. The Bertz CT molecular complexity index is 1700. The van der Waals surface area contributed by atoms with Crippen LogP contribution < -0.4 is 15.5 Å². The van der Waals surface area contributed by atoms with E-state index in [1.54, 1.807) is 12.1 Å². The highest BCUT2D eigenvalue weighted by Crippen LogP contribution is 2.37. The Morgan fingerprint density at radius 2 is 1.73 bits per heavy atom. The van der Waals surface area contributed by atoms with Crippen LogP contribution in [-0.2, 0) is 6.42 Å². The number of benzene rings is 1. The molecule has 0 aliphatic carbocycles. The lowest BCUT2D eigenvalue weighted by molar-refractivity contribution is 0.495. The third kappa shape index (κ3) is 5.46. The molecule has 1 fully saturated rings. The SMILES string of the molecule is CCc1nc2ccc(-c3cnc(N4CCC(N)CC4)nc3)cn2c1N(C)c1nc(-c2ccc(F)cc2)c(C#N)s1.Cl. The molecule has 5 heterocycles. The molecular formula is C29H29ClFN9S. The number of hydrogen-bond donors (Lipinski definition) is 1. The molecule has 2 N–H and O–H groups in total. The van der Waals surface area contributed by atoms with Crippen molar-refractivity contribution >= 4 is 46.3 Å². The number of aromatic nitrogens is 5. The number of thiazole rings is 1. The zero-order chi connectivity index (χ0) is 27.8. The summed E-state index contributed by atoms with van der Waals surface area (Å²) in [7, 11) is 1.92. The van der Waals surface area contributed by atoms with Crippen molar-refractivity contribution in [2.24, 2.45) is 5.73 Å². The number of fused-ring (bicyclic) bond motifs is 1. The molecule has 1 saturated heterocycles. The van der Waals surface area contributed by atoms with Gasteiger partial charge in [-0.2, -0.15) is 5.26 Å². The molecule has 0 unspecified atom stereocenters. The molecule has 0 saturated carbocycles. The van der Waals surface area contributed by atoms with Gasteiger partial charge in [-0.25, -0.2) is 24.3 Å². The van der Waals surface area contributed by atoms with E-state index in [-0.39, 0.29) is 24.3 Å². The van der Waals surface area contributed by atoms with Crippen LogP contribution in [0.25, 0.3) is 28.0 Å². The van der Waals surface area contributed by atoms with Gasteiger partial charge in [0.05, 0.1) is 5.69 Å². The highest BCUT2D eigenvalue weighted by molar-refractivity contribution is 7.16. The van der Waals surface area contributed by atoms with Gasteiger partial charge in [0, 0.05) is 61.5 Å². The summed E-state index contributed by atoms with van der Waals surface area (Å²) in [5.41, 5.74) is 10.8. The molecule has 12 heteroatoms. The van der Waals surface area contributed by atoms with Crippen molar-refractivity contribution < 1.29 is 4.39 Å². The van der Waals surface area contributed by atoms with Crippen molar-refractivity contribution in [3.63, 3.8) is 0 Å². The zero-order valence-electron chi connectivity index (χ0n) is 22.7. The second kappa shape index (κ2) is 11.8. The number of piperidine rings is 1. The number of nitrogens with zero attached hydrogens (tertiary/aromatic N) is 8. The Kier molecular flexibility index (Phi) is 8.17. The number of anilines is 3. The number of rotatable bonds is 6. The first kappa shape index (κ1) is 28.4. The molecule has 1 aliphatic heterocycles. The monoisotopic (exact) mass is 589 g/mol. The standard InChI is InChI=1S/C29H28FN9S.ClH/c1-3-23-27(37(2)29-36-26(24(14-31)40-29)18-4-7-21(30)8-5-18)39-17-19(6-9-25(39)35-23)20-15-33-28(34-16-20)38-12-10-22(32)11-13-38;/h4-9,15-17,22H,3,10-13,32H2,1-2H3;1H. The molecule has 41 heavy (non-hydrogen) atoms. The van der Waals surface area contributed by atoms with E-state index in [4.69, 9.17) is 15.7 Å². The van der Waals surface area contributed by atoms with Gasteiger partial charge in [-0.05, 0) is 55.7 Å². The minimum absolute atomic E-state index is 0. The van der Waals surface area contributed by atoms with E-state index in [2.05, 4.69) is 27.9 Å². The summed E-state index contributed by atoms with van der Waals surface area (Å²) in [5, 5.41) is 10.4. The molecule has 1 aromatic carbocycles. The average Bonchev–Trinajstić information content (AvgIpc) is 3.59. The molecule has 1 aliphatic rings. The summed E-state index contributed by atoms with van der Waals surface area (Å²) in [6, 6.07) is 12.5. The predicted octanol–water partition coefficient (Wildman–Crippen LogP) is 5.61. The van der Waals surface area contributed by atoms with Crippen LogP contribution in [0.4, 0.5) is 21.3 Å². The normalized spacial score (nSPS) is 13.7. The second-order valence-electron chi connectivity index (χ2n) is 9.83. The van der Waals surface area contributed by atoms with Crippen LogP contribution in [0.3, 0.4) is 0 Å². The predicted molar refractivity (Wildman–Crippen MR) is 163 cm³/mol. The number of halogens is 2. The van der Waals surface area contributed by atoms with Gasteiger partial charge in [0.25, 0.3) is 0 Å². The van der Waals surface area contributed by atoms with Gasteiger partial charge in [-0.1, -0.05) is 18.3 Å². The third-order valence-corrected chi connectivity index (χ3v) is 8.27. The lowest BCUT2D eigenvalue weighted by Gasteiger charge is -2.30. The topological polar surface area (TPSA) is 112 Å². The second-order valence-corrected chi connectivity index (χ2v) is 10.8. The van der Waals surface area contributed by atoms with E-state index < -0.39 is 0 Å². The minimum atomic E-state index is -0.333. The van der Waals surface area contributed by atoms with Crippen LogP contribution in [0.5, 0.6) is 0 Å². The van der Waals surface area contributed by atoms with Crippen molar-refractivity contribution in [2.45, 2.75) is 32.2 Å². The summed E-state index contributed by atoms with van der Waals surface area (Å²) >= 11 is 1.29. The largest absolute Gasteiger partial charge is 0.341 e. The Balaban J connectivity index is 0.00000337. The summed E-state index contributed by atoms with van der Waals surface area (Å²) in [4.78, 5) is 23.5. The van der Waals surface area contributed by atoms with Crippen molar-refractivity contribution in [3.8, 4) is 28.5 Å². The summed E-state index contributed by atoms with van der Waals surface area (Å²) in [6.07, 6.45) is 8.35. The molecule has 5 aromatic rings. The van der Waals surface area contributed by atoms with Crippen LogP contribution >= 0.6 is 23.7 Å². The lowest BCUT2D eigenvalue weighted by atomic mass is 10.1. The van der Waals surface area contributed by atoms with Crippen LogP contribution in [0.15, 0.2) is 55.0 Å². The fourth-order valence-corrected chi connectivity index (χ4v) is 5.85. The molecular weight excluding hydrogens is 561 g/mol. The van der Waals surface area contributed by atoms with E-state index in [0.29, 0.717) is 21.3 Å². The molecule has 0 bridgehead atoms. The summed E-state index contributed by atoms with van der Waals surface area (Å²) in [6.45, 7) is 3.79. The smallest absolute Gasteiger partial charge is 0.225 e. The molecule has 0 atom stereocenters. The van der Waals surface area contributed by atoms with Gasteiger partial charge in [0.2, 0.25) is 5.95 Å². The van der Waals surface area contributed by atoms with Gasteiger partial charge in [0.1, 0.15) is 33.9 Å². The van der Waals surface area contributed by atoms with Gasteiger partial charge in [0.15, 0.2) is 5.13 Å². The van der Waals surface area contributed by atoms with E-state index >= 15 is 0 Å². The van der Waals surface area contributed by atoms with E-state index in [9.17, 15) is 9.65 Å². The van der Waals surface area contributed by atoms with E-state index in [0.717, 1.165) is 66.6 Å². The van der Waals surface area contributed by atoms with Crippen molar-refractivity contribution in [3.05, 3.63) is 71.4 Å². The number of pyridine rings is 1. The number of aryl methyl sites for hydroxylation is 1. The van der Waals surface area contributed by atoms with Crippen LogP contribution in [0.2, 0.25) is 0 Å². The fraction of sp³-hybridized carbons (Fsp3) is 0.276. The maximum Gasteiger partial charge on any atom is 0.225 e. The van der Waals surface area contributed by atoms with Gasteiger partial charge >= 0.3 is 0 Å². The summed E-state index contributed by atoms with van der Waals surface area (Å²) in [5.74, 6) is 1.26. The van der Waals surface area contributed by atoms with Crippen LogP contribution in [0.1, 0.15) is 30.3 Å². The van der Waals surface area contributed by atoms with Gasteiger partial charge in [-0.3, -0.25) is 4.40 Å². The number of nitriles is 1.